The van der Waals surface area contributed by atoms with Crippen LogP contribution >= 0.6 is 0 Å². The molecule has 3 aromatic rings. The third-order valence-electron chi connectivity index (χ3n) is 3.78. The van der Waals surface area contributed by atoms with Crippen LogP contribution in [0.3, 0.4) is 0 Å². The van der Waals surface area contributed by atoms with Gasteiger partial charge in [0.1, 0.15) is 25.5 Å². The number of carbonyl (C=O) groups is 1. The molecule has 1 aromatic heterocycles. The Bertz CT molecular complexity index is 925. The van der Waals surface area contributed by atoms with E-state index in [1.165, 1.54) is 10.1 Å². The van der Waals surface area contributed by atoms with Gasteiger partial charge in [0.2, 0.25) is 0 Å². The molecule has 1 heterocycles. The molecule has 0 aliphatic heterocycles. The summed E-state index contributed by atoms with van der Waals surface area (Å²) in [5, 5.41) is 0. The van der Waals surface area contributed by atoms with Gasteiger partial charge in [-0.3, -0.25) is 9.36 Å². The van der Waals surface area contributed by atoms with Crippen molar-refractivity contribution in [1.82, 2.24) is 4.57 Å². The molecule has 0 atom stereocenters. The van der Waals surface area contributed by atoms with Crippen molar-refractivity contribution >= 4 is 17.1 Å². The van der Waals surface area contributed by atoms with Crippen LogP contribution in [0.5, 0.6) is 5.75 Å². The highest BCUT2D eigenvalue weighted by atomic mass is 16.6. The SMILES string of the molecule is CCc1cccc(OCCOC(=O)Cn2c(=O)oc3ccccc32)c1. The molecule has 0 aliphatic rings. The Morgan fingerprint density at radius 2 is 1.96 bits per heavy atom. The van der Waals surface area contributed by atoms with Crippen LogP contribution in [0, 0.1) is 0 Å². The molecule has 0 saturated heterocycles. The summed E-state index contributed by atoms with van der Waals surface area (Å²) in [5.41, 5.74) is 2.19. The third-order valence-corrected chi connectivity index (χ3v) is 3.78. The molecule has 0 radical (unpaired) electrons. The van der Waals surface area contributed by atoms with Crippen LogP contribution in [0.1, 0.15) is 12.5 Å². The lowest BCUT2D eigenvalue weighted by atomic mass is 10.2. The second kappa shape index (κ2) is 7.70. The van der Waals surface area contributed by atoms with E-state index in [4.69, 9.17) is 13.9 Å². The minimum Gasteiger partial charge on any atom is -0.490 e. The molecule has 2 aromatic carbocycles. The highest BCUT2D eigenvalue weighted by molar-refractivity contribution is 5.76. The van der Waals surface area contributed by atoms with E-state index in [2.05, 4.69) is 6.92 Å². The van der Waals surface area contributed by atoms with Crippen LogP contribution in [-0.2, 0) is 22.5 Å². The average Bonchev–Trinajstić information content (AvgIpc) is 2.94. The summed E-state index contributed by atoms with van der Waals surface area (Å²) in [4.78, 5) is 23.8. The van der Waals surface area contributed by atoms with Crippen molar-refractivity contribution in [2.45, 2.75) is 19.9 Å². The number of aryl methyl sites for hydroxylation is 1. The Morgan fingerprint density at radius 3 is 2.80 bits per heavy atom. The fourth-order valence-electron chi connectivity index (χ4n) is 2.51. The number of nitrogens with zero attached hydrogens (tertiary/aromatic N) is 1. The van der Waals surface area contributed by atoms with E-state index in [1.54, 1.807) is 24.3 Å². The molecule has 6 nitrogen and oxygen atoms in total. The van der Waals surface area contributed by atoms with Crippen LogP contribution in [0.2, 0.25) is 0 Å². The Hall–Kier alpha value is -3.02. The van der Waals surface area contributed by atoms with E-state index in [0.717, 1.165) is 12.2 Å². The summed E-state index contributed by atoms with van der Waals surface area (Å²) >= 11 is 0. The molecule has 25 heavy (non-hydrogen) atoms. The Labute approximate surface area is 144 Å². The second-order valence-electron chi connectivity index (χ2n) is 5.49. The van der Waals surface area contributed by atoms with Gasteiger partial charge in [-0.2, -0.15) is 0 Å². The molecular formula is C19H19NO5. The van der Waals surface area contributed by atoms with Crippen molar-refractivity contribution in [3.63, 3.8) is 0 Å². The van der Waals surface area contributed by atoms with Crippen LogP contribution < -0.4 is 10.5 Å². The second-order valence-corrected chi connectivity index (χ2v) is 5.49. The molecule has 0 fully saturated rings. The highest BCUT2D eigenvalue weighted by Gasteiger charge is 2.13. The summed E-state index contributed by atoms with van der Waals surface area (Å²) in [5.74, 6) is -0.349. The topological polar surface area (TPSA) is 70.7 Å². The van der Waals surface area contributed by atoms with Gasteiger partial charge in [0.05, 0.1) is 5.52 Å². The van der Waals surface area contributed by atoms with Crippen molar-refractivity contribution in [3.8, 4) is 5.75 Å². The molecule has 130 valence electrons. The first-order valence-electron chi connectivity index (χ1n) is 8.13. The fourth-order valence-corrected chi connectivity index (χ4v) is 2.51. The fraction of sp³-hybridized carbons (Fsp3) is 0.263. The molecule has 0 bridgehead atoms. The first-order valence-corrected chi connectivity index (χ1v) is 8.13. The summed E-state index contributed by atoms with van der Waals surface area (Å²) in [6.45, 7) is 2.24. The van der Waals surface area contributed by atoms with E-state index in [9.17, 15) is 9.59 Å². The van der Waals surface area contributed by atoms with Crippen molar-refractivity contribution in [3.05, 3.63) is 64.6 Å². The maximum Gasteiger partial charge on any atom is 0.420 e. The van der Waals surface area contributed by atoms with Crippen LogP contribution in [0.15, 0.2) is 57.7 Å². The lowest BCUT2D eigenvalue weighted by Gasteiger charge is -2.08. The Balaban J connectivity index is 1.51. The van der Waals surface area contributed by atoms with Gasteiger partial charge >= 0.3 is 11.7 Å². The molecule has 6 heteroatoms. The van der Waals surface area contributed by atoms with Gasteiger partial charge in [-0.25, -0.2) is 4.79 Å². The lowest BCUT2D eigenvalue weighted by molar-refractivity contribution is -0.145. The van der Waals surface area contributed by atoms with Gasteiger partial charge in [-0.05, 0) is 36.2 Å². The van der Waals surface area contributed by atoms with Crippen molar-refractivity contribution in [1.29, 1.82) is 0 Å². The Kier molecular flexibility index (Phi) is 5.18. The summed E-state index contributed by atoms with van der Waals surface area (Å²) in [6, 6.07) is 14.7. The van der Waals surface area contributed by atoms with Crippen LogP contribution in [0.4, 0.5) is 0 Å². The van der Waals surface area contributed by atoms with E-state index in [1.807, 2.05) is 24.3 Å². The zero-order chi connectivity index (χ0) is 17.6. The zero-order valence-electron chi connectivity index (χ0n) is 13.9. The van der Waals surface area contributed by atoms with Crippen LogP contribution in [-0.4, -0.2) is 23.8 Å². The average molecular weight is 341 g/mol. The summed E-state index contributed by atoms with van der Waals surface area (Å²) in [6.07, 6.45) is 0.930. The number of carbonyl (C=O) groups excluding carboxylic acids is 1. The predicted octanol–water partition coefficient (Wildman–Crippen LogP) is 2.78. The van der Waals surface area contributed by atoms with Crippen LogP contribution in [0.25, 0.3) is 11.1 Å². The van der Waals surface area contributed by atoms with Gasteiger partial charge < -0.3 is 13.9 Å². The zero-order valence-corrected chi connectivity index (χ0v) is 13.9. The molecule has 0 aliphatic carbocycles. The number of hydrogen-bond acceptors (Lipinski definition) is 5. The first kappa shape index (κ1) is 16.8. The molecule has 0 N–H and O–H groups in total. The number of benzene rings is 2. The standard InChI is InChI=1S/C19H19NO5/c1-2-14-6-5-7-15(12-14)23-10-11-24-18(21)13-20-16-8-3-4-9-17(16)25-19(20)22/h3-9,12H,2,10-11,13H2,1H3. The largest absolute Gasteiger partial charge is 0.490 e. The minimum atomic E-state index is -0.578. The van der Waals surface area contributed by atoms with Crippen molar-refractivity contribution in [2.75, 3.05) is 13.2 Å². The smallest absolute Gasteiger partial charge is 0.420 e. The molecular weight excluding hydrogens is 322 g/mol. The number of para-hydroxylation sites is 2. The maximum absolute atomic E-state index is 11.9. The number of aromatic nitrogens is 1. The number of hydrogen-bond donors (Lipinski definition) is 0. The summed E-state index contributed by atoms with van der Waals surface area (Å²) < 4.78 is 17.0. The van der Waals surface area contributed by atoms with Gasteiger partial charge in [0.15, 0.2) is 5.58 Å². The first-order chi connectivity index (χ1) is 12.2. The van der Waals surface area contributed by atoms with E-state index in [-0.39, 0.29) is 19.8 Å². The quantitative estimate of drug-likeness (QED) is 0.488. The van der Waals surface area contributed by atoms with E-state index >= 15 is 0 Å². The predicted molar refractivity (Wildman–Crippen MR) is 92.7 cm³/mol. The number of fused-ring (bicyclic) bond motifs is 1. The number of ether oxygens (including phenoxy) is 2. The minimum absolute atomic E-state index is 0.111. The molecule has 0 amide bonds. The van der Waals surface area contributed by atoms with Crippen molar-refractivity contribution in [2.24, 2.45) is 0 Å². The van der Waals surface area contributed by atoms with Gasteiger partial charge in [0.25, 0.3) is 0 Å². The third kappa shape index (κ3) is 4.09. The normalized spacial score (nSPS) is 10.8. The molecule has 0 unspecified atom stereocenters. The van der Waals surface area contributed by atoms with Gasteiger partial charge in [-0.15, -0.1) is 0 Å². The van der Waals surface area contributed by atoms with Gasteiger partial charge in [0, 0.05) is 0 Å². The summed E-state index contributed by atoms with van der Waals surface area (Å²) in [7, 11) is 0. The number of rotatable bonds is 7. The maximum atomic E-state index is 11.9. The number of oxazole rings is 1. The van der Waals surface area contributed by atoms with Crippen molar-refractivity contribution < 1.29 is 18.7 Å². The molecule has 0 saturated carbocycles. The van der Waals surface area contributed by atoms with E-state index < -0.39 is 11.7 Å². The molecule has 0 spiro atoms. The lowest BCUT2D eigenvalue weighted by Crippen LogP contribution is -2.23. The number of esters is 1. The monoisotopic (exact) mass is 341 g/mol. The van der Waals surface area contributed by atoms with Gasteiger partial charge in [-0.1, -0.05) is 31.2 Å². The van der Waals surface area contributed by atoms with E-state index in [0.29, 0.717) is 11.1 Å². The Morgan fingerprint density at radius 1 is 1.12 bits per heavy atom. The highest BCUT2D eigenvalue weighted by Crippen LogP contribution is 2.14. The molecule has 3 rings (SSSR count).